The highest BCUT2D eigenvalue weighted by molar-refractivity contribution is 5.97. The van der Waals surface area contributed by atoms with Gasteiger partial charge in [-0.05, 0) is 81.5 Å². The highest BCUT2D eigenvalue weighted by Crippen LogP contribution is 2.25. The third kappa shape index (κ3) is 6.50. The van der Waals surface area contributed by atoms with Crippen molar-refractivity contribution in [1.82, 2.24) is 10.2 Å². The summed E-state index contributed by atoms with van der Waals surface area (Å²) in [7, 11) is 1.53. The minimum atomic E-state index is -0.344. The van der Waals surface area contributed by atoms with E-state index < -0.39 is 0 Å². The first-order valence-electron chi connectivity index (χ1n) is 11.6. The zero-order valence-corrected chi connectivity index (χ0v) is 20.4. The van der Waals surface area contributed by atoms with Crippen LogP contribution in [-0.4, -0.2) is 55.4 Å². The summed E-state index contributed by atoms with van der Waals surface area (Å²) in [6, 6.07) is 11.2. The molecule has 182 valence electrons. The van der Waals surface area contributed by atoms with E-state index in [0.29, 0.717) is 17.0 Å². The van der Waals surface area contributed by atoms with Crippen LogP contribution in [0.5, 0.6) is 5.75 Å². The molecule has 0 saturated carbocycles. The van der Waals surface area contributed by atoms with Crippen LogP contribution in [0.4, 0.5) is 11.4 Å². The maximum Gasteiger partial charge on any atom is 0.254 e. The van der Waals surface area contributed by atoms with E-state index in [-0.39, 0.29) is 36.9 Å². The van der Waals surface area contributed by atoms with Gasteiger partial charge < -0.3 is 25.6 Å². The summed E-state index contributed by atoms with van der Waals surface area (Å²) in [5.74, 6) is -0.0498. The third-order valence-electron chi connectivity index (χ3n) is 6.05. The minimum Gasteiger partial charge on any atom is -0.495 e. The van der Waals surface area contributed by atoms with Gasteiger partial charge >= 0.3 is 0 Å². The van der Waals surface area contributed by atoms with Crippen LogP contribution in [-0.2, 0) is 9.59 Å². The molecule has 34 heavy (non-hydrogen) atoms. The van der Waals surface area contributed by atoms with E-state index >= 15 is 0 Å². The lowest BCUT2D eigenvalue weighted by Gasteiger charge is -2.33. The van der Waals surface area contributed by atoms with Crippen molar-refractivity contribution >= 4 is 29.1 Å². The van der Waals surface area contributed by atoms with Crippen LogP contribution in [0.2, 0.25) is 0 Å². The second-order valence-electron chi connectivity index (χ2n) is 8.76. The molecular formula is C26H34N4O4. The summed E-state index contributed by atoms with van der Waals surface area (Å²) >= 11 is 0. The fourth-order valence-corrected chi connectivity index (χ4v) is 4.09. The predicted molar refractivity (Wildman–Crippen MR) is 133 cm³/mol. The lowest BCUT2D eigenvalue weighted by Crippen LogP contribution is -2.42. The Morgan fingerprint density at radius 1 is 1.00 bits per heavy atom. The van der Waals surface area contributed by atoms with Gasteiger partial charge in [-0.3, -0.25) is 14.4 Å². The number of carbonyl (C=O) groups excluding carboxylic acids is 3. The second kappa shape index (κ2) is 11.5. The van der Waals surface area contributed by atoms with E-state index in [4.69, 9.17) is 4.74 Å². The maximum atomic E-state index is 12.9. The first kappa shape index (κ1) is 25.1. The summed E-state index contributed by atoms with van der Waals surface area (Å²) in [4.78, 5) is 39.3. The number of likely N-dealkylation sites (tertiary alicyclic amines) is 1. The van der Waals surface area contributed by atoms with Crippen LogP contribution in [0.3, 0.4) is 0 Å². The molecule has 2 aromatic rings. The molecule has 0 bridgehead atoms. The topological polar surface area (TPSA) is 99.8 Å². The van der Waals surface area contributed by atoms with Gasteiger partial charge in [-0.2, -0.15) is 0 Å². The van der Waals surface area contributed by atoms with Crippen molar-refractivity contribution in [2.45, 2.75) is 46.1 Å². The molecule has 1 fully saturated rings. The third-order valence-corrected chi connectivity index (χ3v) is 6.05. The number of benzene rings is 2. The van der Waals surface area contributed by atoms with E-state index in [1.165, 1.54) is 7.11 Å². The molecule has 1 aliphatic heterocycles. The number of rotatable bonds is 8. The number of amides is 3. The average Bonchev–Trinajstić information content (AvgIpc) is 2.82. The summed E-state index contributed by atoms with van der Waals surface area (Å²) < 4.78 is 5.25. The summed E-state index contributed by atoms with van der Waals surface area (Å²) in [5, 5.41) is 8.44. The van der Waals surface area contributed by atoms with E-state index in [2.05, 4.69) is 22.9 Å². The molecule has 2 aromatic carbocycles. The highest BCUT2D eigenvalue weighted by atomic mass is 16.5. The van der Waals surface area contributed by atoms with E-state index in [9.17, 15) is 14.4 Å². The summed E-state index contributed by atoms with van der Waals surface area (Å²) in [6.07, 6.45) is 3.24. The number of piperidine rings is 1. The molecule has 8 heteroatoms. The quantitative estimate of drug-likeness (QED) is 0.553. The average molecular weight is 467 g/mol. The number of methoxy groups -OCH3 is 1. The zero-order valence-electron chi connectivity index (χ0n) is 20.4. The van der Waals surface area contributed by atoms with Crippen molar-refractivity contribution in [2.24, 2.45) is 0 Å². The highest BCUT2D eigenvalue weighted by Gasteiger charge is 2.24. The van der Waals surface area contributed by atoms with Crippen LogP contribution >= 0.6 is 0 Å². The molecule has 0 aromatic heterocycles. The summed E-state index contributed by atoms with van der Waals surface area (Å²) in [5.41, 5.74) is 3.85. The Balaban J connectivity index is 1.48. The van der Waals surface area contributed by atoms with Crippen LogP contribution in [0.15, 0.2) is 36.4 Å². The number of ether oxygens (including phenoxy) is 1. The Kier molecular flexibility index (Phi) is 8.51. The van der Waals surface area contributed by atoms with Gasteiger partial charge in [0, 0.05) is 23.8 Å². The molecule has 8 nitrogen and oxygen atoms in total. The van der Waals surface area contributed by atoms with Crippen molar-refractivity contribution in [1.29, 1.82) is 0 Å². The molecule has 3 N–H and O–H groups in total. The second-order valence-corrected chi connectivity index (χ2v) is 8.76. The fourth-order valence-electron chi connectivity index (χ4n) is 4.09. The number of hydrogen-bond acceptors (Lipinski definition) is 5. The molecule has 1 aliphatic rings. The van der Waals surface area contributed by atoms with Gasteiger partial charge in [0.15, 0.2) is 0 Å². The zero-order chi connectivity index (χ0) is 24.7. The van der Waals surface area contributed by atoms with E-state index in [1.54, 1.807) is 12.1 Å². The van der Waals surface area contributed by atoms with Crippen molar-refractivity contribution in [3.05, 3.63) is 53.1 Å². The Morgan fingerprint density at radius 3 is 2.50 bits per heavy atom. The number of aryl methyl sites for hydroxylation is 2. The number of nitrogens with one attached hydrogen (secondary N) is 3. The molecule has 3 rings (SSSR count). The van der Waals surface area contributed by atoms with Gasteiger partial charge in [0.05, 0.1) is 25.9 Å². The van der Waals surface area contributed by atoms with Gasteiger partial charge in [-0.15, -0.1) is 0 Å². The lowest BCUT2D eigenvalue weighted by atomic mass is 10.0. The predicted octanol–water partition coefficient (Wildman–Crippen LogP) is 3.49. The molecule has 0 aliphatic carbocycles. The van der Waals surface area contributed by atoms with E-state index in [0.717, 1.165) is 42.6 Å². The van der Waals surface area contributed by atoms with Crippen LogP contribution in [0.1, 0.15) is 47.7 Å². The number of nitrogens with zero attached hydrogens (tertiary/aromatic N) is 1. The smallest absolute Gasteiger partial charge is 0.254 e. The Labute approximate surface area is 201 Å². The lowest BCUT2D eigenvalue weighted by molar-refractivity contribution is -0.122. The molecule has 1 saturated heterocycles. The SMILES string of the molecule is COc1ccc(C)cc1NC(=O)CNC(=O)CNc1ccc(C(=O)N2CCCCC2C)cc1C. The van der Waals surface area contributed by atoms with Gasteiger partial charge in [0.25, 0.3) is 5.91 Å². The maximum absolute atomic E-state index is 12.9. The number of anilines is 2. The Morgan fingerprint density at radius 2 is 1.79 bits per heavy atom. The molecule has 1 heterocycles. The molecular weight excluding hydrogens is 432 g/mol. The first-order valence-corrected chi connectivity index (χ1v) is 11.6. The minimum absolute atomic E-state index is 0.0122. The van der Waals surface area contributed by atoms with Gasteiger partial charge in [0.2, 0.25) is 11.8 Å². The molecule has 1 atom stereocenters. The fraction of sp³-hybridized carbons (Fsp3) is 0.423. The summed E-state index contributed by atoms with van der Waals surface area (Å²) in [6.45, 7) is 6.57. The van der Waals surface area contributed by atoms with Gasteiger partial charge in [-0.1, -0.05) is 6.07 Å². The Hall–Kier alpha value is -3.55. The molecule has 1 unspecified atom stereocenters. The first-order chi connectivity index (χ1) is 16.3. The van der Waals surface area contributed by atoms with Gasteiger partial charge in [0.1, 0.15) is 5.75 Å². The normalized spacial score (nSPS) is 15.4. The van der Waals surface area contributed by atoms with Crippen LogP contribution < -0.4 is 20.7 Å². The number of hydrogen-bond donors (Lipinski definition) is 3. The van der Waals surface area contributed by atoms with Crippen LogP contribution in [0.25, 0.3) is 0 Å². The molecule has 0 radical (unpaired) electrons. The van der Waals surface area contributed by atoms with Gasteiger partial charge in [-0.25, -0.2) is 0 Å². The van der Waals surface area contributed by atoms with Crippen molar-refractivity contribution in [3.8, 4) is 5.75 Å². The standard InChI is InChI=1S/C26H34N4O4/c1-17-8-11-23(34-4)22(13-17)29-25(32)16-28-24(31)15-27-21-10-9-20(14-18(21)2)26(33)30-12-6-5-7-19(30)3/h8-11,13-14,19,27H,5-7,12,15-16H2,1-4H3,(H,28,31)(H,29,32). The number of carbonyl (C=O) groups is 3. The Bertz CT molecular complexity index is 1050. The molecule has 0 spiro atoms. The van der Waals surface area contributed by atoms with E-state index in [1.807, 2.05) is 43.0 Å². The van der Waals surface area contributed by atoms with Crippen LogP contribution in [0, 0.1) is 13.8 Å². The van der Waals surface area contributed by atoms with Crippen molar-refractivity contribution < 1.29 is 19.1 Å². The van der Waals surface area contributed by atoms with Crippen molar-refractivity contribution in [3.63, 3.8) is 0 Å². The monoisotopic (exact) mass is 466 g/mol. The molecule has 3 amide bonds. The largest absolute Gasteiger partial charge is 0.495 e. The van der Waals surface area contributed by atoms with Crippen molar-refractivity contribution in [2.75, 3.05) is 37.4 Å².